The van der Waals surface area contributed by atoms with Gasteiger partial charge in [-0.15, -0.1) is 0 Å². The summed E-state index contributed by atoms with van der Waals surface area (Å²) in [4.78, 5) is 24.5. The van der Waals surface area contributed by atoms with Crippen molar-refractivity contribution in [2.45, 2.75) is 0 Å². The molecule has 0 unspecified atom stereocenters. The molecule has 2 aliphatic rings. The molecule has 3 heterocycles. The first-order valence-corrected chi connectivity index (χ1v) is 10.1. The first kappa shape index (κ1) is 19.2. The second-order valence-electron chi connectivity index (χ2n) is 7.27. The summed E-state index contributed by atoms with van der Waals surface area (Å²) in [6.07, 6.45) is 0. The fourth-order valence-corrected chi connectivity index (χ4v) is 3.72. The Kier molecular flexibility index (Phi) is 5.80. The Morgan fingerprint density at radius 3 is 2.32 bits per heavy atom. The summed E-state index contributed by atoms with van der Waals surface area (Å²) in [6.45, 7) is 6.06. The van der Waals surface area contributed by atoms with Gasteiger partial charge in [0.2, 0.25) is 0 Å². The highest BCUT2D eigenvalue weighted by molar-refractivity contribution is 6.30. The molecule has 148 valence electrons. The minimum atomic E-state index is 0.0600. The maximum Gasteiger partial charge on any atom is 0.257 e. The van der Waals surface area contributed by atoms with Crippen LogP contribution in [0.25, 0.3) is 11.3 Å². The van der Waals surface area contributed by atoms with Crippen molar-refractivity contribution >= 4 is 23.3 Å². The highest BCUT2D eigenvalue weighted by Gasteiger charge is 2.26. The molecule has 4 rings (SSSR count). The predicted octanol–water partition coefficient (Wildman–Crippen LogP) is 2.63. The molecule has 0 saturated carbocycles. The molecule has 0 N–H and O–H groups in total. The molecule has 0 bridgehead atoms. The summed E-state index contributed by atoms with van der Waals surface area (Å²) in [5.74, 6) is 0.810. The topological polar surface area (TPSA) is 48.9 Å². The fourth-order valence-electron chi connectivity index (χ4n) is 3.59. The highest BCUT2D eigenvalue weighted by Crippen LogP contribution is 2.27. The van der Waals surface area contributed by atoms with Gasteiger partial charge in [0.25, 0.3) is 5.91 Å². The van der Waals surface area contributed by atoms with Crippen molar-refractivity contribution < 1.29 is 9.53 Å². The van der Waals surface area contributed by atoms with E-state index in [0.717, 1.165) is 56.3 Å². The average Bonchev–Trinajstić information content (AvgIpc) is 2.74. The van der Waals surface area contributed by atoms with Crippen LogP contribution in [0, 0.1) is 0 Å². The molecule has 1 aromatic carbocycles. The summed E-state index contributed by atoms with van der Waals surface area (Å²) >= 11 is 6.02. The molecule has 7 heteroatoms. The number of nitrogens with zero attached hydrogens (tertiary/aromatic N) is 4. The van der Waals surface area contributed by atoms with Crippen LogP contribution >= 0.6 is 11.6 Å². The molecule has 0 spiro atoms. The number of carbonyl (C=O) groups is 1. The Morgan fingerprint density at radius 1 is 0.964 bits per heavy atom. The first-order valence-electron chi connectivity index (χ1n) is 9.69. The molecule has 2 fully saturated rings. The van der Waals surface area contributed by atoms with E-state index in [-0.39, 0.29) is 5.91 Å². The van der Waals surface area contributed by atoms with Crippen molar-refractivity contribution in [1.82, 2.24) is 14.8 Å². The van der Waals surface area contributed by atoms with E-state index in [9.17, 15) is 4.79 Å². The second kappa shape index (κ2) is 8.47. The molecule has 6 nitrogen and oxygen atoms in total. The van der Waals surface area contributed by atoms with E-state index >= 15 is 0 Å². The maximum absolute atomic E-state index is 13.3. The van der Waals surface area contributed by atoms with E-state index in [1.54, 1.807) is 0 Å². The van der Waals surface area contributed by atoms with E-state index in [2.05, 4.69) is 16.8 Å². The number of ether oxygens (including phenoxy) is 1. The largest absolute Gasteiger partial charge is 0.378 e. The van der Waals surface area contributed by atoms with Crippen LogP contribution in [-0.2, 0) is 4.74 Å². The number of amides is 1. The Bertz CT molecular complexity index is 829. The minimum Gasteiger partial charge on any atom is -0.378 e. The van der Waals surface area contributed by atoms with Crippen LogP contribution in [0.3, 0.4) is 0 Å². The van der Waals surface area contributed by atoms with Gasteiger partial charge in [-0.05, 0) is 31.3 Å². The Labute approximate surface area is 170 Å². The van der Waals surface area contributed by atoms with Gasteiger partial charge in [0.05, 0.1) is 24.5 Å². The van der Waals surface area contributed by atoms with E-state index in [1.807, 2.05) is 41.3 Å². The van der Waals surface area contributed by atoms with Gasteiger partial charge in [-0.1, -0.05) is 23.7 Å². The van der Waals surface area contributed by atoms with Crippen LogP contribution in [0.2, 0.25) is 5.02 Å². The number of aromatic nitrogens is 1. The molecule has 2 aliphatic heterocycles. The number of morpholine rings is 1. The highest BCUT2D eigenvalue weighted by atomic mass is 35.5. The monoisotopic (exact) mass is 400 g/mol. The van der Waals surface area contributed by atoms with Crippen molar-refractivity contribution in [1.29, 1.82) is 0 Å². The van der Waals surface area contributed by atoms with Gasteiger partial charge in [-0.3, -0.25) is 4.79 Å². The van der Waals surface area contributed by atoms with E-state index < -0.39 is 0 Å². The molecule has 28 heavy (non-hydrogen) atoms. The van der Waals surface area contributed by atoms with Crippen molar-refractivity contribution in [3.8, 4) is 11.3 Å². The van der Waals surface area contributed by atoms with E-state index in [1.165, 1.54) is 0 Å². The number of halogens is 1. The Morgan fingerprint density at radius 2 is 1.64 bits per heavy atom. The van der Waals surface area contributed by atoms with Gasteiger partial charge in [0.15, 0.2) is 0 Å². The zero-order valence-corrected chi connectivity index (χ0v) is 16.9. The lowest BCUT2D eigenvalue weighted by Gasteiger charge is -2.34. The molecule has 2 saturated heterocycles. The molecule has 0 atom stereocenters. The average molecular weight is 401 g/mol. The minimum absolute atomic E-state index is 0.0600. The Balaban J connectivity index is 1.68. The standard InChI is InChI=1S/C21H25ClN4O2/c1-24-8-10-26(11-9-24)21(27)18-6-7-19(16-2-4-17(22)5-3-16)23-20(18)25-12-14-28-15-13-25/h2-7H,8-15H2,1H3. The van der Waals surface area contributed by atoms with Gasteiger partial charge < -0.3 is 19.4 Å². The number of benzene rings is 1. The van der Waals surface area contributed by atoms with Gasteiger partial charge in [0.1, 0.15) is 5.82 Å². The van der Waals surface area contributed by atoms with Crippen molar-refractivity contribution in [2.75, 3.05) is 64.4 Å². The van der Waals surface area contributed by atoms with Gasteiger partial charge >= 0.3 is 0 Å². The quantitative estimate of drug-likeness (QED) is 0.792. The van der Waals surface area contributed by atoms with Crippen molar-refractivity contribution in [2.24, 2.45) is 0 Å². The summed E-state index contributed by atoms with van der Waals surface area (Å²) in [5, 5.41) is 0.694. The number of piperazine rings is 1. The number of pyridine rings is 1. The van der Waals surface area contributed by atoms with Crippen LogP contribution in [0.15, 0.2) is 36.4 Å². The lowest BCUT2D eigenvalue weighted by molar-refractivity contribution is 0.0663. The van der Waals surface area contributed by atoms with Crippen LogP contribution < -0.4 is 4.90 Å². The number of rotatable bonds is 3. The molecular formula is C21H25ClN4O2. The third-order valence-corrected chi connectivity index (χ3v) is 5.60. The van der Waals surface area contributed by atoms with Gasteiger partial charge in [0, 0.05) is 49.9 Å². The number of carbonyl (C=O) groups excluding carboxylic acids is 1. The second-order valence-corrected chi connectivity index (χ2v) is 7.71. The van der Waals surface area contributed by atoms with Crippen molar-refractivity contribution in [3.63, 3.8) is 0 Å². The predicted molar refractivity (Wildman–Crippen MR) is 111 cm³/mol. The van der Waals surface area contributed by atoms with Gasteiger partial charge in [-0.2, -0.15) is 0 Å². The van der Waals surface area contributed by atoms with Crippen LogP contribution in [0.1, 0.15) is 10.4 Å². The van der Waals surface area contributed by atoms with Crippen LogP contribution in [0.4, 0.5) is 5.82 Å². The molecule has 0 radical (unpaired) electrons. The third-order valence-electron chi connectivity index (χ3n) is 5.35. The number of likely N-dealkylation sites (N-methyl/N-ethyl adjacent to an activating group) is 1. The fraction of sp³-hybridized carbons (Fsp3) is 0.429. The first-order chi connectivity index (χ1) is 13.6. The smallest absolute Gasteiger partial charge is 0.257 e. The lowest BCUT2D eigenvalue weighted by Crippen LogP contribution is -2.47. The summed E-state index contributed by atoms with van der Waals surface area (Å²) in [5.41, 5.74) is 2.50. The zero-order valence-electron chi connectivity index (χ0n) is 16.1. The summed E-state index contributed by atoms with van der Waals surface area (Å²) < 4.78 is 5.49. The molecule has 1 aromatic heterocycles. The van der Waals surface area contributed by atoms with E-state index in [0.29, 0.717) is 23.8 Å². The number of hydrogen-bond donors (Lipinski definition) is 0. The molecule has 1 amide bonds. The molecular weight excluding hydrogens is 376 g/mol. The maximum atomic E-state index is 13.3. The van der Waals surface area contributed by atoms with Crippen molar-refractivity contribution in [3.05, 3.63) is 47.0 Å². The lowest BCUT2D eigenvalue weighted by atomic mass is 10.1. The van der Waals surface area contributed by atoms with Crippen LogP contribution in [-0.4, -0.2) is 80.2 Å². The normalized spacial score (nSPS) is 18.4. The number of hydrogen-bond acceptors (Lipinski definition) is 5. The molecule has 2 aromatic rings. The number of anilines is 1. The SMILES string of the molecule is CN1CCN(C(=O)c2ccc(-c3ccc(Cl)cc3)nc2N2CCOCC2)CC1. The van der Waals surface area contributed by atoms with Gasteiger partial charge in [-0.25, -0.2) is 4.98 Å². The Hall–Kier alpha value is -2.15. The summed E-state index contributed by atoms with van der Waals surface area (Å²) in [6, 6.07) is 11.5. The third kappa shape index (κ3) is 4.14. The summed E-state index contributed by atoms with van der Waals surface area (Å²) in [7, 11) is 2.09. The van der Waals surface area contributed by atoms with E-state index in [4.69, 9.17) is 21.3 Å². The van der Waals surface area contributed by atoms with Crippen LogP contribution in [0.5, 0.6) is 0 Å². The molecule has 0 aliphatic carbocycles. The zero-order chi connectivity index (χ0) is 19.5.